The number of nitrogens with zero attached hydrogens (tertiary/aromatic N) is 1. The van der Waals surface area contributed by atoms with Gasteiger partial charge in [0, 0.05) is 36.3 Å². The maximum Gasteiger partial charge on any atom is 0.226 e. The molecule has 1 aliphatic heterocycles. The number of anilines is 1. The van der Waals surface area contributed by atoms with Gasteiger partial charge in [0.2, 0.25) is 5.91 Å². The zero-order valence-corrected chi connectivity index (χ0v) is 14.0. The Labute approximate surface area is 138 Å². The number of rotatable bonds is 4. The third kappa shape index (κ3) is 3.24. The molecule has 1 atom stereocenters. The van der Waals surface area contributed by atoms with Crippen LogP contribution in [-0.2, 0) is 11.2 Å². The zero-order chi connectivity index (χ0) is 15.5. The van der Waals surface area contributed by atoms with Crippen LogP contribution in [0.4, 0.5) is 5.69 Å². The molecule has 0 aromatic heterocycles. The zero-order valence-electron chi connectivity index (χ0n) is 13.3. The number of carbonyl (C=O) groups is 1. The number of carbonyl (C=O) groups excluding carboxylic acids is 1. The normalized spacial score (nSPS) is 23.1. The Morgan fingerprint density at radius 2 is 2.00 bits per heavy atom. The molecule has 1 heterocycles. The van der Waals surface area contributed by atoms with Crippen LogP contribution < -0.4 is 5.32 Å². The van der Waals surface area contributed by atoms with E-state index in [1.807, 2.05) is 25.2 Å². The smallest absolute Gasteiger partial charge is 0.226 e. The van der Waals surface area contributed by atoms with Crippen molar-refractivity contribution in [2.75, 3.05) is 18.9 Å². The van der Waals surface area contributed by atoms with Crippen LogP contribution >= 0.6 is 11.6 Å². The van der Waals surface area contributed by atoms with Crippen LogP contribution in [0.15, 0.2) is 18.2 Å². The largest absolute Gasteiger partial charge is 0.388 e. The summed E-state index contributed by atoms with van der Waals surface area (Å²) in [7, 11) is 1.88. The molecule has 3 rings (SSSR count). The van der Waals surface area contributed by atoms with E-state index in [2.05, 4.69) is 10.2 Å². The van der Waals surface area contributed by atoms with E-state index >= 15 is 0 Å². The van der Waals surface area contributed by atoms with Crippen LogP contribution in [0.25, 0.3) is 0 Å². The summed E-state index contributed by atoms with van der Waals surface area (Å²) in [6, 6.07) is 6.51. The lowest BCUT2D eigenvalue weighted by Gasteiger charge is -2.31. The van der Waals surface area contributed by atoms with Crippen LogP contribution in [0, 0.1) is 5.92 Å². The highest BCUT2D eigenvalue weighted by molar-refractivity contribution is 6.31. The fourth-order valence-electron chi connectivity index (χ4n) is 3.84. The van der Waals surface area contributed by atoms with E-state index in [-0.39, 0.29) is 5.92 Å². The van der Waals surface area contributed by atoms with Crippen LogP contribution in [0.1, 0.15) is 44.1 Å². The minimum Gasteiger partial charge on any atom is -0.388 e. The van der Waals surface area contributed by atoms with E-state index in [0.29, 0.717) is 11.9 Å². The highest BCUT2D eigenvalue weighted by Crippen LogP contribution is 2.32. The molecule has 22 heavy (non-hydrogen) atoms. The number of likely N-dealkylation sites (tertiary alicyclic amines) is 1. The molecule has 2 aliphatic rings. The van der Waals surface area contributed by atoms with Crippen molar-refractivity contribution >= 4 is 23.2 Å². The lowest BCUT2D eigenvalue weighted by Crippen LogP contribution is -2.39. The average Bonchev–Trinajstić information content (AvgIpc) is 2.91. The van der Waals surface area contributed by atoms with E-state index in [9.17, 15) is 4.79 Å². The average molecular weight is 321 g/mol. The van der Waals surface area contributed by atoms with Crippen molar-refractivity contribution in [1.82, 2.24) is 4.90 Å². The number of hydrogen-bond donors (Lipinski definition) is 1. The molecule has 1 aliphatic carbocycles. The second-order valence-electron chi connectivity index (χ2n) is 6.57. The van der Waals surface area contributed by atoms with Gasteiger partial charge in [-0.3, -0.25) is 4.79 Å². The summed E-state index contributed by atoms with van der Waals surface area (Å²) in [5.41, 5.74) is 2.10. The molecule has 120 valence electrons. The van der Waals surface area contributed by atoms with Gasteiger partial charge in [0.25, 0.3) is 0 Å². The number of benzene rings is 1. The van der Waals surface area contributed by atoms with Crippen LogP contribution in [0.3, 0.4) is 0 Å². The molecule has 3 nitrogen and oxygen atoms in total. The molecular formula is C18H25ClN2O. The summed E-state index contributed by atoms with van der Waals surface area (Å²) in [6.07, 6.45) is 8.00. The van der Waals surface area contributed by atoms with Gasteiger partial charge in [0.15, 0.2) is 0 Å². The highest BCUT2D eigenvalue weighted by atomic mass is 35.5. The summed E-state index contributed by atoms with van der Waals surface area (Å²) in [5, 5.41) is 3.85. The second kappa shape index (κ2) is 6.91. The van der Waals surface area contributed by atoms with Gasteiger partial charge in [-0.25, -0.2) is 0 Å². The maximum atomic E-state index is 12.7. The standard InChI is InChI=1S/C18H25ClN2O/c1-20-15-8-7-13(17(19)12-15)11-14-9-10-21(18(14)22)16-5-3-2-4-6-16/h7-8,12,14,16,20H,2-6,9-11H2,1H3. The van der Waals surface area contributed by atoms with Gasteiger partial charge in [-0.2, -0.15) is 0 Å². The molecule has 1 aromatic carbocycles. The summed E-state index contributed by atoms with van der Waals surface area (Å²) < 4.78 is 0. The van der Waals surface area contributed by atoms with Crippen molar-refractivity contribution in [2.24, 2.45) is 5.92 Å². The Kier molecular flexibility index (Phi) is 4.92. The Balaban J connectivity index is 1.65. The van der Waals surface area contributed by atoms with Crippen molar-refractivity contribution in [3.63, 3.8) is 0 Å². The molecule has 0 spiro atoms. The van der Waals surface area contributed by atoms with Gasteiger partial charge < -0.3 is 10.2 Å². The fraction of sp³-hybridized carbons (Fsp3) is 0.611. The Morgan fingerprint density at radius 1 is 1.23 bits per heavy atom. The first-order valence-electron chi connectivity index (χ1n) is 8.45. The Bertz CT molecular complexity index is 540. The summed E-state index contributed by atoms with van der Waals surface area (Å²) in [6.45, 7) is 0.931. The highest BCUT2D eigenvalue weighted by Gasteiger charge is 2.36. The van der Waals surface area contributed by atoms with Crippen LogP contribution in [0.2, 0.25) is 5.02 Å². The van der Waals surface area contributed by atoms with Crippen LogP contribution in [-0.4, -0.2) is 30.4 Å². The first kappa shape index (κ1) is 15.7. The van der Waals surface area contributed by atoms with Gasteiger partial charge in [-0.15, -0.1) is 0 Å². The van der Waals surface area contributed by atoms with Gasteiger partial charge in [0.05, 0.1) is 0 Å². The molecular weight excluding hydrogens is 296 g/mol. The SMILES string of the molecule is CNc1ccc(CC2CCN(C3CCCCC3)C2=O)c(Cl)c1. The number of hydrogen-bond acceptors (Lipinski definition) is 2. The third-order valence-corrected chi connectivity index (χ3v) is 5.53. The number of amides is 1. The van der Waals surface area contributed by atoms with E-state index < -0.39 is 0 Å². The molecule has 1 saturated heterocycles. The van der Waals surface area contributed by atoms with Crippen molar-refractivity contribution in [1.29, 1.82) is 0 Å². The molecule has 1 N–H and O–H groups in total. The minimum absolute atomic E-state index is 0.111. The lowest BCUT2D eigenvalue weighted by atomic mass is 9.94. The van der Waals surface area contributed by atoms with Gasteiger partial charge in [0.1, 0.15) is 0 Å². The second-order valence-corrected chi connectivity index (χ2v) is 6.98. The molecule has 1 amide bonds. The molecule has 2 fully saturated rings. The predicted octanol–water partition coefficient (Wildman–Crippen LogP) is 4.11. The summed E-state index contributed by atoms with van der Waals surface area (Å²) in [4.78, 5) is 14.9. The van der Waals surface area contributed by atoms with E-state index in [0.717, 1.165) is 35.7 Å². The molecule has 0 radical (unpaired) electrons. The van der Waals surface area contributed by atoms with E-state index in [1.54, 1.807) is 0 Å². The third-order valence-electron chi connectivity index (χ3n) is 5.17. The van der Waals surface area contributed by atoms with Crippen molar-refractivity contribution < 1.29 is 4.79 Å². The number of halogens is 1. The molecule has 1 saturated carbocycles. The monoisotopic (exact) mass is 320 g/mol. The fourth-order valence-corrected chi connectivity index (χ4v) is 4.10. The topological polar surface area (TPSA) is 32.3 Å². The summed E-state index contributed by atoms with van der Waals surface area (Å²) in [5.74, 6) is 0.459. The first-order chi connectivity index (χ1) is 10.7. The van der Waals surface area contributed by atoms with E-state index in [4.69, 9.17) is 11.6 Å². The van der Waals surface area contributed by atoms with Crippen molar-refractivity contribution in [3.05, 3.63) is 28.8 Å². The maximum absolute atomic E-state index is 12.7. The summed E-state index contributed by atoms with van der Waals surface area (Å²) >= 11 is 6.35. The molecule has 1 aromatic rings. The lowest BCUT2D eigenvalue weighted by molar-refractivity contribution is -0.133. The molecule has 0 bridgehead atoms. The number of nitrogens with one attached hydrogen (secondary N) is 1. The van der Waals surface area contributed by atoms with Gasteiger partial charge >= 0.3 is 0 Å². The van der Waals surface area contributed by atoms with Crippen molar-refractivity contribution in [2.45, 2.75) is 51.0 Å². The minimum atomic E-state index is 0.111. The Hall–Kier alpha value is -1.22. The first-order valence-corrected chi connectivity index (χ1v) is 8.83. The molecule has 4 heteroatoms. The van der Waals surface area contributed by atoms with Gasteiger partial charge in [-0.1, -0.05) is 36.9 Å². The van der Waals surface area contributed by atoms with E-state index in [1.165, 1.54) is 32.1 Å². The van der Waals surface area contributed by atoms with Crippen LogP contribution in [0.5, 0.6) is 0 Å². The molecule has 1 unspecified atom stereocenters. The van der Waals surface area contributed by atoms with Crippen molar-refractivity contribution in [3.8, 4) is 0 Å². The Morgan fingerprint density at radius 3 is 2.68 bits per heavy atom. The quantitative estimate of drug-likeness (QED) is 0.905. The predicted molar refractivity (Wildman–Crippen MR) is 91.4 cm³/mol. The van der Waals surface area contributed by atoms with Gasteiger partial charge in [-0.05, 0) is 43.4 Å².